The lowest BCUT2D eigenvalue weighted by atomic mass is 10.0. The maximum Gasteiger partial charge on any atom is 0.224 e. The number of ether oxygens (including phenoxy) is 1. The van der Waals surface area contributed by atoms with Gasteiger partial charge in [0, 0.05) is 12.8 Å². The van der Waals surface area contributed by atoms with Crippen LogP contribution in [0.2, 0.25) is 0 Å². The summed E-state index contributed by atoms with van der Waals surface area (Å²) in [4.78, 5) is 8.60. The molecule has 0 bridgehead atoms. The lowest BCUT2D eigenvalue weighted by Crippen LogP contribution is -2.31. The molecule has 0 spiro atoms. The molecule has 0 unspecified atom stereocenters. The smallest absolute Gasteiger partial charge is 0.224 e. The molecule has 0 saturated carbocycles. The van der Waals surface area contributed by atoms with E-state index in [4.69, 9.17) is 9.15 Å². The van der Waals surface area contributed by atoms with Crippen molar-refractivity contribution in [3.05, 3.63) is 36.4 Å². The number of rotatable bonds is 6. The molecule has 0 amide bonds. The van der Waals surface area contributed by atoms with Gasteiger partial charge in [0.15, 0.2) is 0 Å². The lowest BCUT2D eigenvalue weighted by Gasteiger charge is -2.24. The Kier molecular flexibility index (Phi) is 4.78. The van der Waals surface area contributed by atoms with Crippen molar-refractivity contribution in [1.82, 2.24) is 9.97 Å². The summed E-state index contributed by atoms with van der Waals surface area (Å²) < 4.78 is 10.7. The molecule has 1 aliphatic heterocycles. The van der Waals surface area contributed by atoms with Crippen molar-refractivity contribution in [2.45, 2.75) is 31.4 Å². The standard InChI is InChI=1S/C16H22N4O3/c1-16(21,13-5-3-9-23-13)11-18-15-17-7-6-14(20-15)19-12-4-2-8-22-10-12/h3,5-7,9,12,21H,2,4,8,10-11H2,1H3,(H2,17,18,19,20)/t12-,16+/m1/s1. The molecule has 7 heteroatoms. The first kappa shape index (κ1) is 15.8. The number of anilines is 2. The largest absolute Gasteiger partial charge is 0.466 e. The van der Waals surface area contributed by atoms with Crippen LogP contribution in [0.1, 0.15) is 25.5 Å². The Labute approximate surface area is 135 Å². The molecule has 2 aromatic heterocycles. The zero-order valence-corrected chi connectivity index (χ0v) is 13.2. The van der Waals surface area contributed by atoms with Gasteiger partial charge in [-0.3, -0.25) is 0 Å². The van der Waals surface area contributed by atoms with Crippen LogP contribution in [0.25, 0.3) is 0 Å². The van der Waals surface area contributed by atoms with Crippen molar-refractivity contribution in [1.29, 1.82) is 0 Å². The highest BCUT2D eigenvalue weighted by Gasteiger charge is 2.26. The van der Waals surface area contributed by atoms with Crippen LogP contribution in [-0.2, 0) is 10.3 Å². The van der Waals surface area contributed by atoms with Crippen LogP contribution in [0.15, 0.2) is 35.1 Å². The highest BCUT2D eigenvalue weighted by atomic mass is 16.5. The SMILES string of the molecule is C[C@](O)(CNc1nccc(N[C@@H]2CCCOC2)n1)c1ccco1. The van der Waals surface area contributed by atoms with Gasteiger partial charge in [-0.05, 0) is 38.0 Å². The summed E-state index contributed by atoms with van der Waals surface area (Å²) in [6, 6.07) is 5.59. The fraction of sp³-hybridized carbons (Fsp3) is 0.500. The summed E-state index contributed by atoms with van der Waals surface area (Å²) in [5.41, 5.74) is -1.13. The monoisotopic (exact) mass is 318 g/mol. The third-order valence-electron chi connectivity index (χ3n) is 3.81. The average Bonchev–Trinajstić information content (AvgIpc) is 3.10. The van der Waals surface area contributed by atoms with Gasteiger partial charge in [0.1, 0.15) is 17.2 Å². The molecule has 1 aliphatic rings. The first-order chi connectivity index (χ1) is 11.1. The molecule has 23 heavy (non-hydrogen) atoms. The third kappa shape index (κ3) is 4.20. The van der Waals surface area contributed by atoms with E-state index < -0.39 is 5.60 Å². The van der Waals surface area contributed by atoms with E-state index in [-0.39, 0.29) is 12.6 Å². The van der Waals surface area contributed by atoms with E-state index in [1.165, 1.54) is 6.26 Å². The fourth-order valence-corrected chi connectivity index (χ4v) is 2.51. The van der Waals surface area contributed by atoms with Gasteiger partial charge in [0.05, 0.1) is 25.5 Å². The molecule has 124 valence electrons. The Hall–Kier alpha value is -2.12. The molecular weight excluding hydrogens is 296 g/mol. The average molecular weight is 318 g/mol. The first-order valence-corrected chi connectivity index (χ1v) is 7.81. The van der Waals surface area contributed by atoms with Crippen LogP contribution in [-0.4, -0.2) is 40.9 Å². The van der Waals surface area contributed by atoms with Crippen LogP contribution in [0.4, 0.5) is 11.8 Å². The summed E-state index contributed by atoms with van der Waals surface area (Å²) in [5, 5.41) is 16.8. The quantitative estimate of drug-likeness (QED) is 0.750. The number of aromatic nitrogens is 2. The van der Waals surface area contributed by atoms with E-state index in [9.17, 15) is 5.11 Å². The molecule has 3 N–H and O–H groups in total. The van der Waals surface area contributed by atoms with Gasteiger partial charge >= 0.3 is 0 Å². The highest BCUT2D eigenvalue weighted by molar-refractivity contribution is 5.40. The molecule has 1 saturated heterocycles. The Balaban J connectivity index is 1.59. The normalized spacial score (nSPS) is 20.7. The summed E-state index contributed by atoms with van der Waals surface area (Å²) in [6.07, 6.45) is 5.35. The predicted molar refractivity (Wildman–Crippen MR) is 86.3 cm³/mol. The maximum absolute atomic E-state index is 10.4. The number of nitrogens with one attached hydrogen (secondary N) is 2. The molecule has 3 heterocycles. The molecule has 0 radical (unpaired) electrons. The minimum absolute atomic E-state index is 0.247. The van der Waals surface area contributed by atoms with Crippen molar-refractivity contribution < 1.29 is 14.3 Å². The van der Waals surface area contributed by atoms with E-state index in [0.29, 0.717) is 18.3 Å². The zero-order valence-electron chi connectivity index (χ0n) is 13.2. The van der Waals surface area contributed by atoms with E-state index in [1.54, 1.807) is 25.3 Å². The Morgan fingerprint density at radius 2 is 2.35 bits per heavy atom. The van der Waals surface area contributed by atoms with E-state index >= 15 is 0 Å². The van der Waals surface area contributed by atoms with Gasteiger partial charge in [-0.25, -0.2) is 4.98 Å². The van der Waals surface area contributed by atoms with Crippen molar-refractivity contribution in [3.8, 4) is 0 Å². The molecule has 7 nitrogen and oxygen atoms in total. The molecule has 0 aliphatic carbocycles. The molecule has 2 aromatic rings. The Morgan fingerprint density at radius 1 is 1.43 bits per heavy atom. The number of nitrogens with zero attached hydrogens (tertiary/aromatic N) is 2. The minimum atomic E-state index is -1.13. The van der Waals surface area contributed by atoms with E-state index in [0.717, 1.165) is 25.3 Å². The van der Waals surface area contributed by atoms with E-state index in [2.05, 4.69) is 20.6 Å². The predicted octanol–water partition coefficient (Wildman–Crippen LogP) is 1.98. The van der Waals surface area contributed by atoms with Crippen molar-refractivity contribution in [2.75, 3.05) is 30.4 Å². The second kappa shape index (κ2) is 6.97. The van der Waals surface area contributed by atoms with Crippen LogP contribution >= 0.6 is 0 Å². The second-order valence-electron chi connectivity index (χ2n) is 5.93. The van der Waals surface area contributed by atoms with Gasteiger partial charge in [0.2, 0.25) is 5.95 Å². The Morgan fingerprint density at radius 3 is 3.09 bits per heavy atom. The van der Waals surface area contributed by atoms with Gasteiger partial charge in [-0.1, -0.05) is 0 Å². The summed E-state index contributed by atoms with van der Waals surface area (Å²) in [5.74, 6) is 1.70. The maximum atomic E-state index is 10.4. The molecule has 1 fully saturated rings. The number of hydrogen-bond donors (Lipinski definition) is 3. The lowest BCUT2D eigenvalue weighted by molar-refractivity contribution is 0.0475. The van der Waals surface area contributed by atoms with Gasteiger partial charge in [-0.2, -0.15) is 4.98 Å². The van der Waals surface area contributed by atoms with Crippen LogP contribution in [0.5, 0.6) is 0 Å². The summed E-state index contributed by atoms with van der Waals surface area (Å²) in [7, 11) is 0. The molecule has 3 rings (SSSR count). The fourth-order valence-electron chi connectivity index (χ4n) is 2.51. The minimum Gasteiger partial charge on any atom is -0.466 e. The Bertz CT molecular complexity index is 610. The second-order valence-corrected chi connectivity index (χ2v) is 5.93. The van der Waals surface area contributed by atoms with Crippen LogP contribution < -0.4 is 10.6 Å². The van der Waals surface area contributed by atoms with Crippen LogP contribution in [0.3, 0.4) is 0 Å². The summed E-state index contributed by atoms with van der Waals surface area (Å²) >= 11 is 0. The third-order valence-corrected chi connectivity index (χ3v) is 3.81. The van der Waals surface area contributed by atoms with Crippen molar-refractivity contribution in [2.24, 2.45) is 0 Å². The van der Waals surface area contributed by atoms with Crippen molar-refractivity contribution >= 4 is 11.8 Å². The van der Waals surface area contributed by atoms with Gasteiger partial charge in [-0.15, -0.1) is 0 Å². The number of furan rings is 1. The summed E-state index contributed by atoms with van der Waals surface area (Å²) in [6.45, 7) is 3.45. The van der Waals surface area contributed by atoms with Gasteiger partial charge in [0.25, 0.3) is 0 Å². The van der Waals surface area contributed by atoms with Crippen molar-refractivity contribution in [3.63, 3.8) is 0 Å². The van der Waals surface area contributed by atoms with Gasteiger partial charge < -0.3 is 24.9 Å². The van der Waals surface area contributed by atoms with Crippen LogP contribution in [0, 0.1) is 0 Å². The van der Waals surface area contributed by atoms with E-state index in [1.807, 2.05) is 6.07 Å². The number of aliphatic hydroxyl groups is 1. The topological polar surface area (TPSA) is 92.4 Å². The molecule has 0 aromatic carbocycles. The highest BCUT2D eigenvalue weighted by Crippen LogP contribution is 2.21. The molecule has 2 atom stereocenters. The number of hydrogen-bond acceptors (Lipinski definition) is 7. The molecular formula is C16H22N4O3. The first-order valence-electron chi connectivity index (χ1n) is 7.81. The zero-order chi connectivity index (χ0) is 16.1.